The third-order valence-corrected chi connectivity index (χ3v) is 6.92. The lowest BCUT2D eigenvalue weighted by Gasteiger charge is -2.12. The van der Waals surface area contributed by atoms with Crippen molar-refractivity contribution in [3.05, 3.63) is 169 Å². The zero-order valence-corrected chi connectivity index (χ0v) is 22.0. The minimum absolute atomic E-state index is 0.444. The molecule has 0 atom stereocenters. The number of fused-ring (bicyclic) bond motifs is 6. The van der Waals surface area contributed by atoms with Gasteiger partial charge in [0.25, 0.3) is 0 Å². The van der Waals surface area contributed by atoms with E-state index in [0.29, 0.717) is 0 Å². The summed E-state index contributed by atoms with van der Waals surface area (Å²) in [5, 5.41) is -2.05. The minimum Gasteiger partial charge on any atom is -0.309 e. The Kier molecular flexibility index (Phi) is 2.20. The molecule has 0 unspecified atom stereocenters. The van der Waals surface area contributed by atoms with E-state index < -0.39 is 240 Å². The molecular formula is C42H28N2. The highest BCUT2D eigenvalue weighted by Gasteiger charge is 2.16. The molecule has 2 heteroatoms. The van der Waals surface area contributed by atoms with Crippen LogP contribution in [0.1, 0.15) is 37.0 Å². The third-order valence-electron chi connectivity index (χ3n) is 6.92. The first kappa shape index (κ1) is 9.83. The predicted octanol–water partition coefficient (Wildman–Crippen LogP) is 11.2. The Labute approximate surface area is 293 Å². The van der Waals surface area contributed by atoms with Crippen LogP contribution in [-0.4, -0.2) is 9.13 Å². The van der Waals surface area contributed by atoms with Gasteiger partial charge in [0.2, 0.25) is 0 Å². The van der Waals surface area contributed by atoms with E-state index in [-0.39, 0.29) is 0 Å². The Morgan fingerprint density at radius 1 is 0.318 bits per heavy atom. The van der Waals surface area contributed by atoms with Gasteiger partial charge in [-0.3, -0.25) is 0 Å². The Morgan fingerprint density at radius 2 is 0.795 bits per heavy atom. The zero-order chi connectivity index (χ0) is 52.5. The van der Waals surface area contributed by atoms with Crippen LogP contribution >= 0.6 is 0 Å². The molecule has 0 saturated heterocycles. The largest absolute Gasteiger partial charge is 0.309 e. The monoisotopic (exact) mass is 587 g/mol. The second kappa shape index (κ2) is 9.86. The van der Waals surface area contributed by atoms with Crippen LogP contribution in [0.2, 0.25) is 0 Å². The minimum atomic E-state index is -0.995. The van der Waals surface area contributed by atoms with Gasteiger partial charge in [-0.2, -0.15) is 0 Å². The molecule has 0 fully saturated rings. The summed E-state index contributed by atoms with van der Waals surface area (Å²) in [5.74, 6) is 0. The van der Waals surface area contributed by atoms with Gasteiger partial charge in [0.1, 0.15) is 0 Å². The van der Waals surface area contributed by atoms with Crippen LogP contribution in [0.25, 0.3) is 77.2 Å². The number of nitrogens with zero attached hydrogens (tertiary/aromatic N) is 2. The maximum atomic E-state index is 9.84. The van der Waals surface area contributed by atoms with Gasteiger partial charge in [0.05, 0.1) is 59.1 Å². The van der Waals surface area contributed by atoms with Crippen molar-refractivity contribution in [2.75, 3.05) is 0 Å². The van der Waals surface area contributed by atoms with Crippen molar-refractivity contribution in [1.82, 2.24) is 9.13 Å². The topological polar surface area (TPSA) is 9.86 Å². The Morgan fingerprint density at radius 3 is 1.45 bits per heavy atom. The van der Waals surface area contributed by atoms with Crippen LogP contribution in [0.3, 0.4) is 0 Å². The molecule has 206 valence electrons. The van der Waals surface area contributed by atoms with Gasteiger partial charge in [-0.05, 0) is 76.6 Å². The summed E-state index contributed by atoms with van der Waals surface area (Å²) in [6, 6.07) is -22.8. The fourth-order valence-corrected chi connectivity index (χ4v) is 5.08. The molecule has 0 aliphatic rings. The van der Waals surface area contributed by atoms with Gasteiger partial charge in [-0.1, -0.05) is 115 Å². The smallest absolute Gasteiger partial charge is 0.0652 e. The molecule has 2 aromatic heterocycles. The van der Waals surface area contributed by atoms with E-state index in [4.69, 9.17) is 27.4 Å². The number of benzene rings is 7. The quantitative estimate of drug-likeness (QED) is 0.194. The molecule has 0 saturated carbocycles. The van der Waals surface area contributed by atoms with Crippen molar-refractivity contribution in [2.24, 2.45) is 0 Å². The van der Waals surface area contributed by atoms with Crippen molar-refractivity contribution in [1.29, 1.82) is 0 Å². The summed E-state index contributed by atoms with van der Waals surface area (Å²) in [6.07, 6.45) is 0. The Hall–Kier alpha value is -5.86. The molecule has 2 nitrogen and oxygen atoms in total. The molecule has 0 aliphatic carbocycles. The summed E-state index contributed by atoms with van der Waals surface area (Å²) < 4.78 is 241. The Bertz CT molecular complexity index is 3910. The number of hydrogen-bond donors (Lipinski definition) is 0. The molecule has 7 aromatic carbocycles. The Balaban J connectivity index is 1.50. The first-order valence-electron chi connectivity index (χ1n) is 26.4. The molecule has 9 rings (SSSR count). The average molecular weight is 588 g/mol. The summed E-state index contributed by atoms with van der Waals surface area (Å²) >= 11 is 0. The summed E-state index contributed by atoms with van der Waals surface area (Å²) in [4.78, 5) is 0. The van der Waals surface area contributed by atoms with Crippen molar-refractivity contribution < 1.29 is 37.0 Å². The molecule has 0 spiro atoms. The van der Waals surface area contributed by atoms with Gasteiger partial charge in [-0.25, -0.2) is 0 Å². The number of rotatable bonds is 4. The van der Waals surface area contributed by atoms with Crippen molar-refractivity contribution >= 4 is 43.6 Å². The molecule has 0 bridgehead atoms. The van der Waals surface area contributed by atoms with Crippen LogP contribution < -0.4 is 0 Å². The average Bonchev–Trinajstić information content (AvgIpc) is 3.87. The second-order valence-corrected chi connectivity index (χ2v) is 9.32. The van der Waals surface area contributed by atoms with Crippen LogP contribution in [0, 0.1) is 0 Å². The van der Waals surface area contributed by atoms with E-state index in [1.54, 1.807) is 0 Å². The SMILES string of the molecule is [2H]c1cc([2H])c(-n2c3c([2H])c([2H])c([2H])c([2H])c3c3c([2H])c(-n4c5c([2H])c([2H])c([2H])c([2H])c5c5c([2H])c([2H])c([2H])c([2H])c54)c([2H])c([2H])c32)c([2H])c1-c1c([2H])c([2H])c([2H])c(-c2c([2H])c([2H])c([2H])c([2H])c2[2H])c1[2H]. The van der Waals surface area contributed by atoms with Crippen LogP contribution in [0.5, 0.6) is 0 Å². The summed E-state index contributed by atoms with van der Waals surface area (Å²) in [5.41, 5.74) is -6.85. The first-order valence-corrected chi connectivity index (χ1v) is 12.9. The van der Waals surface area contributed by atoms with E-state index in [0.717, 1.165) is 15.2 Å². The molecule has 2 heterocycles. The van der Waals surface area contributed by atoms with Crippen molar-refractivity contribution in [3.8, 4) is 33.6 Å². The lowest BCUT2D eigenvalue weighted by Crippen LogP contribution is -1.96. The summed E-state index contributed by atoms with van der Waals surface area (Å²) in [6.45, 7) is 0. The first-order chi connectivity index (χ1) is 33.1. The number of hydrogen-bond acceptors (Lipinski definition) is 0. The highest BCUT2D eigenvalue weighted by molar-refractivity contribution is 6.12. The van der Waals surface area contributed by atoms with Crippen molar-refractivity contribution in [2.45, 2.75) is 0 Å². The molecule has 9 aromatic rings. The zero-order valence-electron chi connectivity index (χ0n) is 49.0. The lowest BCUT2D eigenvalue weighted by atomic mass is 9.99. The maximum Gasteiger partial charge on any atom is 0.0652 e. The predicted molar refractivity (Wildman–Crippen MR) is 186 cm³/mol. The highest BCUT2D eigenvalue weighted by atomic mass is 15.0. The van der Waals surface area contributed by atoms with E-state index in [1.807, 2.05) is 0 Å². The molecule has 0 N–H and O–H groups in total. The van der Waals surface area contributed by atoms with Gasteiger partial charge in [0, 0.05) is 32.9 Å². The molecule has 44 heavy (non-hydrogen) atoms. The normalized spacial score (nSPS) is 20.2. The molecule has 0 aliphatic heterocycles. The molecule has 0 amide bonds. The van der Waals surface area contributed by atoms with Gasteiger partial charge < -0.3 is 9.13 Å². The standard InChI is InChI=1S/C42H28N2/c1-2-12-29(13-3-1)30-14-10-15-31(26-30)32-16-11-17-33(27-32)43-41-23-9-6-20-37(41)38-28-34(24-25-42(38)43)44-39-21-7-4-18-35(39)36-19-5-8-22-40(36)44/h1-28H/i1D,2D,3D,4D,5D,6D,7D,8D,9D,10D,12D,13D,14D,15D,16D,17D,18D,19D,20D,21D,22D,23D,24D,25D,26D,27D,28D. The van der Waals surface area contributed by atoms with E-state index in [9.17, 15) is 9.60 Å². The fraction of sp³-hybridized carbons (Fsp3) is 0. The number of para-hydroxylation sites is 3. The third kappa shape index (κ3) is 3.82. The van der Waals surface area contributed by atoms with Crippen LogP contribution in [0.15, 0.2) is 169 Å². The van der Waals surface area contributed by atoms with E-state index >= 15 is 0 Å². The van der Waals surface area contributed by atoms with Crippen LogP contribution in [-0.2, 0) is 0 Å². The van der Waals surface area contributed by atoms with Gasteiger partial charge in [-0.15, -0.1) is 0 Å². The highest BCUT2D eigenvalue weighted by Crippen LogP contribution is 2.37. The van der Waals surface area contributed by atoms with Gasteiger partial charge >= 0.3 is 0 Å². The van der Waals surface area contributed by atoms with Gasteiger partial charge in [0.15, 0.2) is 0 Å². The fourth-order valence-electron chi connectivity index (χ4n) is 5.08. The maximum absolute atomic E-state index is 9.84. The van der Waals surface area contributed by atoms with E-state index in [2.05, 4.69) is 0 Å². The lowest BCUT2D eigenvalue weighted by molar-refractivity contribution is 1.17. The van der Waals surface area contributed by atoms with E-state index in [1.165, 1.54) is 0 Å². The molecular weight excluding hydrogens is 532 g/mol. The second-order valence-electron chi connectivity index (χ2n) is 9.32. The summed E-state index contributed by atoms with van der Waals surface area (Å²) in [7, 11) is 0. The number of aromatic nitrogens is 2. The van der Waals surface area contributed by atoms with Crippen molar-refractivity contribution in [3.63, 3.8) is 0 Å². The molecule has 0 radical (unpaired) electrons. The van der Waals surface area contributed by atoms with Crippen LogP contribution in [0.4, 0.5) is 0 Å².